The highest BCUT2D eigenvalue weighted by Gasteiger charge is 2.51. The van der Waals surface area contributed by atoms with E-state index in [0.717, 1.165) is 31.4 Å². The third-order valence-electron chi connectivity index (χ3n) is 6.37. The van der Waals surface area contributed by atoms with Crippen LogP contribution in [0.1, 0.15) is 54.7 Å². The van der Waals surface area contributed by atoms with Gasteiger partial charge in [0.15, 0.2) is 17.0 Å². The van der Waals surface area contributed by atoms with Crippen LogP contribution >= 0.6 is 0 Å². The molecule has 0 amide bonds. The molecule has 4 fully saturated rings. The number of hydrogen-bond donors (Lipinski definition) is 2. The first kappa shape index (κ1) is 16.8. The number of alkyl halides is 3. The Hall–Kier alpha value is -2.32. The molecule has 4 saturated carbocycles. The predicted molar refractivity (Wildman–Crippen MR) is 89.5 cm³/mol. The average Bonchev–Trinajstić information content (AvgIpc) is 2.95. The zero-order valence-corrected chi connectivity index (χ0v) is 14.5. The van der Waals surface area contributed by atoms with Crippen LogP contribution in [0.15, 0.2) is 12.1 Å². The molecule has 4 bridgehead atoms. The van der Waals surface area contributed by atoms with Crippen molar-refractivity contribution in [3.8, 4) is 0 Å². The molecule has 2 aromatic rings. The minimum Gasteiger partial charge on any atom is -0.476 e. The van der Waals surface area contributed by atoms with Crippen molar-refractivity contribution in [2.45, 2.75) is 50.2 Å². The van der Waals surface area contributed by atoms with Crippen molar-refractivity contribution in [2.75, 3.05) is 5.32 Å². The van der Waals surface area contributed by atoms with Gasteiger partial charge in [0.1, 0.15) is 5.82 Å². The normalized spacial score (nSPS) is 32.2. The quantitative estimate of drug-likeness (QED) is 0.846. The number of carbonyl (C=O) groups is 1. The highest BCUT2D eigenvalue weighted by Crippen LogP contribution is 2.56. The molecule has 2 heterocycles. The molecule has 6 rings (SSSR count). The van der Waals surface area contributed by atoms with E-state index in [1.807, 2.05) is 0 Å². The van der Waals surface area contributed by atoms with E-state index >= 15 is 0 Å². The number of hydrogen-bond acceptors (Lipinski definition) is 4. The van der Waals surface area contributed by atoms with Gasteiger partial charge in [-0.1, -0.05) is 0 Å². The molecule has 0 unspecified atom stereocenters. The van der Waals surface area contributed by atoms with Crippen molar-refractivity contribution in [3.63, 3.8) is 0 Å². The molecule has 0 aromatic carbocycles. The standard InChI is InChI=1S/C18H19F3N4O2/c19-18(20,21)13-5-14(22-15-4-12(16(26)27)24-25(13)15)23-17-6-9-1-10(7-17)3-11(2-9)8-17/h4-5,9-11H,1-3,6-8H2,(H,22,23)(H,26,27). The van der Waals surface area contributed by atoms with Crippen LogP contribution in [0.3, 0.4) is 0 Å². The minimum atomic E-state index is -4.67. The fourth-order valence-corrected chi connectivity index (χ4v) is 5.88. The second kappa shape index (κ2) is 5.36. The summed E-state index contributed by atoms with van der Waals surface area (Å²) in [5.74, 6) is 0.687. The van der Waals surface area contributed by atoms with Gasteiger partial charge in [-0.25, -0.2) is 14.3 Å². The zero-order valence-electron chi connectivity index (χ0n) is 14.5. The number of halogens is 3. The van der Waals surface area contributed by atoms with Gasteiger partial charge in [0.05, 0.1) is 0 Å². The van der Waals surface area contributed by atoms with E-state index in [1.54, 1.807) is 0 Å². The Balaban J connectivity index is 1.56. The first-order chi connectivity index (χ1) is 12.7. The Morgan fingerprint density at radius 2 is 1.74 bits per heavy atom. The molecule has 27 heavy (non-hydrogen) atoms. The van der Waals surface area contributed by atoms with Crippen LogP contribution in [0.4, 0.5) is 19.0 Å². The smallest absolute Gasteiger partial charge is 0.433 e. The number of anilines is 1. The maximum absolute atomic E-state index is 13.5. The molecule has 4 aliphatic rings. The van der Waals surface area contributed by atoms with Crippen molar-refractivity contribution in [1.29, 1.82) is 0 Å². The molecule has 0 spiro atoms. The highest BCUT2D eigenvalue weighted by atomic mass is 19.4. The van der Waals surface area contributed by atoms with Gasteiger partial charge < -0.3 is 10.4 Å². The maximum Gasteiger partial charge on any atom is 0.433 e. The van der Waals surface area contributed by atoms with Crippen molar-refractivity contribution < 1.29 is 23.1 Å². The summed E-state index contributed by atoms with van der Waals surface area (Å²) in [5, 5.41) is 15.9. The number of aromatic carboxylic acids is 1. The monoisotopic (exact) mass is 380 g/mol. The van der Waals surface area contributed by atoms with E-state index in [1.165, 1.54) is 19.3 Å². The number of aromatic nitrogens is 3. The molecular weight excluding hydrogens is 361 g/mol. The van der Waals surface area contributed by atoms with Crippen LogP contribution in [0.2, 0.25) is 0 Å². The van der Waals surface area contributed by atoms with E-state index in [9.17, 15) is 18.0 Å². The second-order valence-corrected chi connectivity index (χ2v) is 8.45. The number of fused-ring (bicyclic) bond motifs is 1. The molecule has 0 radical (unpaired) electrons. The largest absolute Gasteiger partial charge is 0.476 e. The molecule has 0 aliphatic heterocycles. The molecule has 6 nitrogen and oxygen atoms in total. The van der Waals surface area contributed by atoms with Crippen LogP contribution in [0, 0.1) is 17.8 Å². The molecule has 0 atom stereocenters. The lowest BCUT2D eigenvalue weighted by Gasteiger charge is -2.57. The number of nitrogens with one attached hydrogen (secondary N) is 1. The topological polar surface area (TPSA) is 79.5 Å². The average molecular weight is 380 g/mol. The number of carboxylic acid groups (broad SMARTS) is 1. The van der Waals surface area contributed by atoms with E-state index in [-0.39, 0.29) is 17.0 Å². The SMILES string of the molecule is O=C(O)c1cc2nc(NC34CC5CC(CC(C5)C3)C4)cc(C(F)(F)F)n2n1. The Morgan fingerprint density at radius 3 is 2.26 bits per heavy atom. The van der Waals surface area contributed by atoms with Crippen LogP contribution in [-0.4, -0.2) is 31.2 Å². The van der Waals surface area contributed by atoms with Crippen molar-refractivity contribution in [3.05, 3.63) is 23.5 Å². The van der Waals surface area contributed by atoms with Gasteiger partial charge in [0.2, 0.25) is 0 Å². The van der Waals surface area contributed by atoms with Crippen LogP contribution in [0.5, 0.6) is 0 Å². The molecule has 0 saturated heterocycles. The summed E-state index contributed by atoms with van der Waals surface area (Å²) in [6.07, 6.45) is 1.91. The van der Waals surface area contributed by atoms with Gasteiger partial charge in [-0.05, 0) is 56.3 Å². The summed E-state index contributed by atoms with van der Waals surface area (Å²) in [4.78, 5) is 15.4. The number of rotatable bonds is 3. The maximum atomic E-state index is 13.5. The minimum absolute atomic E-state index is 0.116. The molecule has 9 heteroatoms. The highest BCUT2D eigenvalue weighted by molar-refractivity contribution is 5.86. The summed E-state index contributed by atoms with van der Waals surface area (Å²) >= 11 is 0. The summed E-state index contributed by atoms with van der Waals surface area (Å²) in [6, 6.07) is 2.02. The number of nitrogens with zero attached hydrogens (tertiary/aromatic N) is 3. The first-order valence-electron chi connectivity index (χ1n) is 9.20. The lowest BCUT2D eigenvalue weighted by molar-refractivity contribution is -0.142. The predicted octanol–water partition coefficient (Wildman–Crippen LogP) is 3.83. The van der Waals surface area contributed by atoms with Crippen LogP contribution in [-0.2, 0) is 6.18 Å². The lowest BCUT2D eigenvalue weighted by Crippen LogP contribution is -2.54. The lowest BCUT2D eigenvalue weighted by atomic mass is 9.53. The third-order valence-corrected chi connectivity index (χ3v) is 6.37. The molecular formula is C18H19F3N4O2. The summed E-state index contributed by atoms with van der Waals surface area (Å²) in [6.45, 7) is 0. The zero-order chi connectivity index (χ0) is 19.0. The summed E-state index contributed by atoms with van der Waals surface area (Å²) in [7, 11) is 0. The molecule has 144 valence electrons. The number of carboxylic acids is 1. The van der Waals surface area contributed by atoms with E-state index < -0.39 is 23.5 Å². The van der Waals surface area contributed by atoms with Gasteiger partial charge in [-0.3, -0.25) is 0 Å². The van der Waals surface area contributed by atoms with E-state index in [2.05, 4.69) is 15.4 Å². The fourth-order valence-electron chi connectivity index (χ4n) is 5.88. The van der Waals surface area contributed by atoms with Gasteiger partial charge in [-0.15, -0.1) is 0 Å². The van der Waals surface area contributed by atoms with Gasteiger partial charge in [0, 0.05) is 17.7 Å². The first-order valence-corrected chi connectivity index (χ1v) is 9.20. The molecule has 2 N–H and O–H groups in total. The third kappa shape index (κ3) is 2.74. The Kier molecular flexibility index (Phi) is 3.34. The Labute approximate surface area is 152 Å². The van der Waals surface area contributed by atoms with Gasteiger partial charge >= 0.3 is 12.1 Å². The van der Waals surface area contributed by atoms with Gasteiger partial charge in [0.25, 0.3) is 0 Å². The molecule has 4 aliphatic carbocycles. The van der Waals surface area contributed by atoms with Crippen molar-refractivity contribution in [1.82, 2.24) is 14.6 Å². The summed E-state index contributed by atoms with van der Waals surface area (Å²) < 4.78 is 41.2. The van der Waals surface area contributed by atoms with Crippen molar-refractivity contribution in [2.24, 2.45) is 17.8 Å². The van der Waals surface area contributed by atoms with Crippen LogP contribution in [0.25, 0.3) is 5.65 Å². The van der Waals surface area contributed by atoms with E-state index in [0.29, 0.717) is 22.3 Å². The molecule has 2 aromatic heterocycles. The summed E-state index contributed by atoms with van der Waals surface area (Å²) in [5.41, 5.74) is -1.79. The van der Waals surface area contributed by atoms with Crippen LogP contribution < -0.4 is 5.32 Å². The van der Waals surface area contributed by atoms with E-state index in [4.69, 9.17) is 5.11 Å². The fraction of sp³-hybridized carbons (Fsp3) is 0.611. The van der Waals surface area contributed by atoms with Gasteiger partial charge in [-0.2, -0.15) is 18.3 Å². The Bertz CT molecular complexity index is 901. The Morgan fingerprint density at radius 1 is 1.15 bits per heavy atom. The van der Waals surface area contributed by atoms with Crippen molar-refractivity contribution >= 4 is 17.4 Å². The second-order valence-electron chi connectivity index (χ2n) is 8.45.